The third kappa shape index (κ3) is 1.79. The van der Waals surface area contributed by atoms with Gasteiger partial charge in [0.25, 0.3) is 0 Å². The summed E-state index contributed by atoms with van der Waals surface area (Å²) in [5.74, 6) is 0.117. The van der Waals surface area contributed by atoms with Gasteiger partial charge in [-0.1, -0.05) is 12.1 Å². The van der Waals surface area contributed by atoms with Gasteiger partial charge in [-0.15, -0.1) is 0 Å². The van der Waals surface area contributed by atoms with Gasteiger partial charge in [0.15, 0.2) is 5.82 Å². The molecule has 0 aliphatic carbocycles. The fourth-order valence-corrected chi connectivity index (χ4v) is 1.31. The summed E-state index contributed by atoms with van der Waals surface area (Å²) in [5.41, 5.74) is 6.21. The molecule has 0 unspecified atom stereocenters. The van der Waals surface area contributed by atoms with Crippen LogP contribution in [0.15, 0.2) is 30.5 Å². The van der Waals surface area contributed by atoms with E-state index < -0.39 is 0 Å². The van der Waals surface area contributed by atoms with Gasteiger partial charge < -0.3 is 10.5 Å². The molecule has 0 radical (unpaired) electrons. The molecule has 2 aromatic rings. The van der Waals surface area contributed by atoms with Crippen LogP contribution < -0.4 is 10.5 Å². The summed E-state index contributed by atoms with van der Waals surface area (Å²) in [7, 11) is 1.45. The smallest absolute Gasteiger partial charge is 0.240 e. The Morgan fingerprint density at radius 3 is 2.75 bits per heavy atom. The normalized spacial score (nSPS) is 10.1. The predicted octanol–water partition coefficient (Wildman–Crippen LogP) is 1.87. The number of halogens is 1. The molecule has 1 heterocycles. The lowest BCUT2D eigenvalue weighted by Gasteiger charge is -2.05. The minimum absolute atomic E-state index is 0.244. The van der Waals surface area contributed by atoms with Gasteiger partial charge in [0.05, 0.1) is 18.9 Å². The molecule has 4 nitrogen and oxygen atoms in total. The Morgan fingerprint density at radius 1 is 1.31 bits per heavy atom. The Kier molecular flexibility index (Phi) is 2.68. The Labute approximate surface area is 91.9 Å². The summed E-state index contributed by atoms with van der Waals surface area (Å²) in [6.07, 6.45) is 1.40. The van der Waals surface area contributed by atoms with Crippen LogP contribution in [0.5, 0.6) is 5.88 Å². The lowest BCUT2D eigenvalue weighted by Crippen LogP contribution is -1.99. The predicted molar refractivity (Wildman–Crippen MR) is 58.4 cm³/mol. The van der Waals surface area contributed by atoms with Gasteiger partial charge in [0.1, 0.15) is 11.5 Å². The molecular weight excluding hydrogens is 209 g/mol. The van der Waals surface area contributed by atoms with E-state index in [0.717, 1.165) is 0 Å². The largest absolute Gasteiger partial charge is 0.479 e. The van der Waals surface area contributed by atoms with Crippen molar-refractivity contribution in [2.45, 2.75) is 0 Å². The molecule has 0 saturated heterocycles. The van der Waals surface area contributed by atoms with Gasteiger partial charge in [0.2, 0.25) is 5.88 Å². The maximum absolute atomic E-state index is 13.5. The molecule has 0 atom stereocenters. The molecule has 0 fully saturated rings. The average Bonchev–Trinajstić information content (AvgIpc) is 2.31. The molecule has 2 N–H and O–H groups in total. The van der Waals surface area contributed by atoms with E-state index in [0.29, 0.717) is 11.3 Å². The van der Waals surface area contributed by atoms with E-state index in [1.54, 1.807) is 18.2 Å². The summed E-state index contributed by atoms with van der Waals surface area (Å²) in [4.78, 5) is 7.99. The van der Waals surface area contributed by atoms with Gasteiger partial charge in [-0.05, 0) is 12.1 Å². The van der Waals surface area contributed by atoms with Crippen molar-refractivity contribution >= 4 is 5.69 Å². The molecule has 0 bridgehead atoms. The maximum atomic E-state index is 13.5. The standard InChI is InChI=1S/C11H10FN3O/c1-16-11-9(13)6-14-10(15-11)7-4-2-3-5-8(7)12/h2-6H,13H2,1H3. The molecular formula is C11H10FN3O. The molecule has 5 heteroatoms. The number of nitrogen functional groups attached to an aromatic ring is 1. The second-order valence-corrected chi connectivity index (χ2v) is 3.14. The highest BCUT2D eigenvalue weighted by molar-refractivity contribution is 5.59. The highest BCUT2D eigenvalue weighted by Gasteiger charge is 2.09. The van der Waals surface area contributed by atoms with Crippen molar-refractivity contribution in [2.24, 2.45) is 0 Å². The second-order valence-electron chi connectivity index (χ2n) is 3.14. The van der Waals surface area contributed by atoms with Gasteiger partial charge in [0, 0.05) is 0 Å². The van der Waals surface area contributed by atoms with Crippen molar-refractivity contribution in [3.05, 3.63) is 36.3 Å². The first-order valence-corrected chi connectivity index (χ1v) is 4.64. The van der Waals surface area contributed by atoms with Crippen LogP contribution >= 0.6 is 0 Å². The van der Waals surface area contributed by atoms with E-state index in [9.17, 15) is 4.39 Å². The number of ether oxygens (including phenoxy) is 1. The Balaban J connectivity index is 2.53. The van der Waals surface area contributed by atoms with Crippen LogP contribution in [0.4, 0.5) is 10.1 Å². The first kappa shape index (κ1) is 10.4. The summed E-state index contributed by atoms with van der Waals surface area (Å²) in [6.45, 7) is 0. The number of hydrogen-bond donors (Lipinski definition) is 1. The third-order valence-electron chi connectivity index (χ3n) is 2.09. The first-order valence-electron chi connectivity index (χ1n) is 4.64. The lowest BCUT2D eigenvalue weighted by atomic mass is 10.2. The average molecular weight is 219 g/mol. The summed E-state index contributed by atoms with van der Waals surface area (Å²) in [5, 5.41) is 0. The van der Waals surface area contributed by atoms with Crippen LogP contribution in [0.1, 0.15) is 0 Å². The molecule has 2 rings (SSSR count). The Hall–Kier alpha value is -2.17. The zero-order valence-electron chi connectivity index (χ0n) is 8.64. The Bertz CT molecular complexity index is 516. The number of anilines is 1. The van der Waals surface area contributed by atoms with E-state index in [4.69, 9.17) is 10.5 Å². The van der Waals surface area contributed by atoms with Crippen LogP contribution in [0, 0.1) is 5.82 Å². The number of hydrogen-bond acceptors (Lipinski definition) is 4. The molecule has 0 spiro atoms. The molecule has 0 aliphatic heterocycles. The zero-order valence-corrected chi connectivity index (χ0v) is 8.64. The number of nitrogens with two attached hydrogens (primary N) is 1. The zero-order chi connectivity index (χ0) is 11.5. The fraction of sp³-hybridized carbons (Fsp3) is 0.0909. The Morgan fingerprint density at radius 2 is 2.06 bits per heavy atom. The van der Waals surface area contributed by atoms with Gasteiger partial charge in [-0.25, -0.2) is 9.37 Å². The minimum Gasteiger partial charge on any atom is -0.479 e. The highest BCUT2D eigenvalue weighted by Crippen LogP contribution is 2.23. The number of aromatic nitrogens is 2. The van der Waals surface area contributed by atoms with Crippen LogP contribution in [0.25, 0.3) is 11.4 Å². The van der Waals surface area contributed by atoms with Crippen molar-refractivity contribution in [1.29, 1.82) is 0 Å². The first-order chi connectivity index (χ1) is 7.72. The van der Waals surface area contributed by atoms with Crippen LogP contribution in [-0.2, 0) is 0 Å². The third-order valence-corrected chi connectivity index (χ3v) is 2.09. The quantitative estimate of drug-likeness (QED) is 0.837. The molecule has 0 aliphatic rings. The van der Waals surface area contributed by atoms with Crippen LogP contribution in [0.3, 0.4) is 0 Å². The topological polar surface area (TPSA) is 61.0 Å². The maximum Gasteiger partial charge on any atom is 0.240 e. The van der Waals surface area contributed by atoms with Gasteiger partial charge >= 0.3 is 0 Å². The number of methoxy groups -OCH3 is 1. The molecule has 1 aromatic carbocycles. The van der Waals surface area contributed by atoms with Gasteiger partial charge in [-0.3, -0.25) is 0 Å². The van der Waals surface area contributed by atoms with E-state index in [2.05, 4.69) is 9.97 Å². The highest BCUT2D eigenvalue weighted by atomic mass is 19.1. The van der Waals surface area contributed by atoms with Crippen molar-refractivity contribution in [3.63, 3.8) is 0 Å². The van der Waals surface area contributed by atoms with E-state index >= 15 is 0 Å². The molecule has 0 saturated carbocycles. The summed E-state index contributed by atoms with van der Waals surface area (Å²) < 4.78 is 18.4. The van der Waals surface area contributed by atoms with Crippen molar-refractivity contribution in [1.82, 2.24) is 9.97 Å². The van der Waals surface area contributed by atoms with Gasteiger partial charge in [-0.2, -0.15) is 4.98 Å². The number of rotatable bonds is 2. The summed E-state index contributed by atoms with van der Waals surface area (Å²) >= 11 is 0. The van der Waals surface area contributed by atoms with Crippen molar-refractivity contribution < 1.29 is 9.13 Å². The van der Waals surface area contributed by atoms with E-state index in [-0.39, 0.29) is 17.5 Å². The molecule has 82 valence electrons. The van der Waals surface area contributed by atoms with Crippen molar-refractivity contribution in [2.75, 3.05) is 12.8 Å². The van der Waals surface area contributed by atoms with E-state index in [1.807, 2.05) is 0 Å². The van der Waals surface area contributed by atoms with Crippen molar-refractivity contribution in [3.8, 4) is 17.3 Å². The van der Waals surface area contributed by atoms with E-state index in [1.165, 1.54) is 19.4 Å². The monoisotopic (exact) mass is 219 g/mol. The lowest BCUT2D eigenvalue weighted by molar-refractivity contribution is 0.400. The summed E-state index contributed by atoms with van der Waals surface area (Å²) in [6, 6.07) is 6.26. The van der Waals surface area contributed by atoms with Crippen LogP contribution in [-0.4, -0.2) is 17.1 Å². The molecule has 16 heavy (non-hydrogen) atoms. The second kappa shape index (κ2) is 4.14. The SMILES string of the molecule is COc1nc(-c2ccccc2F)ncc1N. The fourth-order valence-electron chi connectivity index (χ4n) is 1.31. The minimum atomic E-state index is -0.380. The van der Waals surface area contributed by atoms with Crippen LogP contribution in [0.2, 0.25) is 0 Å². The molecule has 1 aromatic heterocycles. The molecule has 0 amide bonds. The number of nitrogens with zero attached hydrogens (tertiary/aromatic N) is 2. The number of benzene rings is 1.